The van der Waals surface area contributed by atoms with Gasteiger partial charge in [-0.3, -0.25) is 0 Å². The largest absolute Gasteiger partial charge is 0.488 e. The normalized spacial score (nSPS) is 16.1. The SMILES string of the molecule is CN(Cc1ccco1)C(=O)NCC1Cc2ccccc2O1. The van der Waals surface area contributed by atoms with Gasteiger partial charge >= 0.3 is 6.03 Å². The van der Waals surface area contributed by atoms with Gasteiger partial charge in [0.15, 0.2) is 0 Å². The number of ether oxygens (including phenoxy) is 1. The number of fused-ring (bicyclic) bond motifs is 1. The van der Waals surface area contributed by atoms with Crippen LogP contribution in [0.2, 0.25) is 0 Å². The number of amides is 2. The van der Waals surface area contributed by atoms with Crippen molar-refractivity contribution in [2.45, 2.75) is 19.1 Å². The summed E-state index contributed by atoms with van der Waals surface area (Å²) in [6.45, 7) is 0.945. The first kappa shape index (κ1) is 13.5. The monoisotopic (exact) mass is 286 g/mol. The van der Waals surface area contributed by atoms with Crippen LogP contribution in [0, 0.1) is 0 Å². The van der Waals surface area contributed by atoms with Crippen LogP contribution >= 0.6 is 0 Å². The second-order valence-electron chi connectivity index (χ2n) is 5.17. The van der Waals surface area contributed by atoms with Crippen LogP contribution in [0.3, 0.4) is 0 Å². The molecular formula is C16H18N2O3. The van der Waals surface area contributed by atoms with Gasteiger partial charge in [-0.05, 0) is 23.8 Å². The molecule has 0 bridgehead atoms. The Morgan fingerprint density at radius 1 is 1.33 bits per heavy atom. The summed E-state index contributed by atoms with van der Waals surface area (Å²) < 4.78 is 11.0. The van der Waals surface area contributed by atoms with E-state index < -0.39 is 0 Å². The minimum absolute atomic E-state index is 0.00311. The fourth-order valence-corrected chi connectivity index (χ4v) is 2.41. The van der Waals surface area contributed by atoms with Crippen molar-refractivity contribution in [3.63, 3.8) is 0 Å². The van der Waals surface area contributed by atoms with Crippen LogP contribution in [-0.2, 0) is 13.0 Å². The molecule has 1 aliphatic heterocycles. The zero-order valence-corrected chi connectivity index (χ0v) is 11.9. The number of urea groups is 1. The highest BCUT2D eigenvalue weighted by Crippen LogP contribution is 2.27. The molecule has 5 heteroatoms. The Morgan fingerprint density at radius 2 is 2.19 bits per heavy atom. The number of carbonyl (C=O) groups excluding carboxylic acids is 1. The highest BCUT2D eigenvalue weighted by molar-refractivity contribution is 5.73. The molecule has 2 heterocycles. The molecule has 2 amide bonds. The number of hydrogen-bond donors (Lipinski definition) is 1. The van der Waals surface area contributed by atoms with Crippen molar-refractivity contribution in [1.29, 1.82) is 0 Å². The van der Waals surface area contributed by atoms with E-state index in [9.17, 15) is 4.79 Å². The number of furan rings is 1. The van der Waals surface area contributed by atoms with Crippen molar-refractivity contribution in [3.05, 3.63) is 54.0 Å². The maximum Gasteiger partial charge on any atom is 0.317 e. The van der Waals surface area contributed by atoms with E-state index in [1.165, 1.54) is 5.56 Å². The molecule has 0 spiro atoms. The van der Waals surface area contributed by atoms with Gasteiger partial charge in [0.2, 0.25) is 0 Å². The van der Waals surface area contributed by atoms with Crippen LogP contribution in [0.1, 0.15) is 11.3 Å². The Bertz CT molecular complexity index is 585. The third-order valence-electron chi connectivity index (χ3n) is 3.51. The maximum atomic E-state index is 12.0. The Labute approximate surface area is 123 Å². The minimum atomic E-state index is -0.133. The molecule has 21 heavy (non-hydrogen) atoms. The molecule has 0 fully saturated rings. The van der Waals surface area contributed by atoms with Crippen LogP contribution in [0.4, 0.5) is 4.79 Å². The van der Waals surface area contributed by atoms with Gasteiger partial charge in [0.1, 0.15) is 17.6 Å². The average molecular weight is 286 g/mol. The van der Waals surface area contributed by atoms with Crippen molar-refractivity contribution in [2.75, 3.05) is 13.6 Å². The Balaban J connectivity index is 1.46. The van der Waals surface area contributed by atoms with Crippen LogP contribution in [0.15, 0.2) is 47.1 Å². The van der Waals surface area contributed by atoms with Crippen LogP contribution in [0.5, 0.6) is 5.75 Å². The number of carbonyl (C=O) groups is 1. The van der Waals surface area contributed by atoms with E-state index in [-0.39, 0.29) is 12.1 Å². The molecule has 2 aromatic rings. The summed E-state index contributed by atoms with van der Waals surface area (Å²) >= 11 is 0. The average Bonchev–Trinajstić information content (AvgIpc) is 3.13. The summed E-state index contributed by atoms with van der Waals surface area (Å²) in [6, 6.07) is 11.5. The number of nitrogens with zero attached hydrogens (tertiary/aromatic N) is 1. The maximum absolute atomic E-state index is 12.0. The predicted octanol–water partition coefficient (Wildman–Crippen LogP) is 2.42. The lowest BCUT2D eigenvalue weighted by molar-refractivity contribution is 0.188. The number of benzene rings is 1. The van der Waals surface area contributed by atoms with Crippen LogP contribution in [-0.4, -0.2) is 30.6 Å². The summed E-state index contributed by atoms with van der Waals surface area (Å²) in [4.78, 5) is 13.6. The smallest absolute Gasteiger partial charge is 0.317 e. The lowest BCUT2D eigenvalue weighted by Gasteiger charge is -2.18. The molecule has 1 N–H and O–H groups in total. The van der Waals surface area contributed by atoms with Crippen molar-refractivity contribution >= 4 is 6.03 Å². The predicted molar refractivity (Wildman–Crippen MR) is 78.1 cm³/mol. The minimum Gasteiger partial charge on any atom is -0.488 e. The van der Waals surface area contributed by atoms with Crippen molar-refractivity contribution in [1.82, 2.24) is 10.2 Å². The Morgan fingerprint density at radius 3 is 2.95 bits per heavy atom. The van der Waals surface area contributed by atoms with Crippen molar-refractivity contribution < 1.29 is 13.9 Å². The van der Waals surface area contributed by atoms with E-state index in [1.54, 1.807) is 18.2 Å². The molecule has 1 aliphatic rings. The third-order valence-corrected chi connectivity index (χ3v) is 3.51. The fourth-order valence-electron chi connectivity index (χ4n) is 2.41. The van der Waals surface area contributed by atoms with E-state index >= 15 is 0 Å². The first-order valence-electron chi connectivity index (χ1n) is 6.98. The van der Waals surface area contributed by atoms with E-state index in [0.29, 0.717) is 13.1 Å². The molecule has 1 aromatic heterocycles. The van der Waals surface area contributed by atoms with Gasteiger partial charge in [0, 0.05) is 13.5 Å². The van der Waals surface area contributed by atoms with E-state index in [4.69, 9.17) is 9.15 Å². The van der Waals surface area contributed by atoms with Gasteiger partial charge in [0.05, 0.1) is 19.4 Å². The number of nitrogens with one attached hydrogen (secondary N) is 1. The molecule has 1 aromatic carbocycles. The lowest BCUT2D eigenvalue weighted by Crippen LogP contribution is -2.41. The summed E-state index contributed by atoms with van der Waals surface area (Å²) in [7, 11) is 1.74. The van der Waals surface area contributed by atoms with Gasteiger partial charge < -0.3 is 19.4 Å². The summed E-state index contributed by atoms with van der Waals surface area (Å²) in [5, 5.41) is 2.89. The lowest BCUT2D eigenvalue weighted by atomic mass is 10.1. The first-order chi connectivity index (χ1) is 10.2. The van der Waals surface area contributed by atoms with Crippen LogP contribution < -0.4 is 10.1 Å². The molecule has 0 radical (unpaired) electrons. The molecule has 0 saturated heterocycles. The number of hydrogen-bond acceptors (Lipinski definition) is 3. The second kappa shape index (κ2) is 5.91. The Kier molecular flexibility index (Phi) is 3.81. The highest BCUT2D eigenvalue weighted by atomic mass is 16.5. The van der Waals surface area contributed by atoms with E-state index in [2.05, 4.69) is 11.4 Å². The topological polar surface area (TPSA) is 54.7 Å². The van der Waals surface area contributed by atoms with Gasteiger partial charge in [0.25, 0.3) is 0 Å². The molecule has 1 atom stereocenters. The molecule has 0 saturated carbocycles. The third kappa shape index (κ3) is 3.18. The van der Waals surface area contributed by atoms with E-state index in [0.717, 1.165) is 17.9 Å². The van der Waals surface area contributed by atoms with Gasteiger partial charge in [-0.25, -0.2) is 4.79 Å². The Hall–Kier alpha value is -2.43. The zero-order chi connectivity index (χ0) is 14.7. The van der Waals surface area contributed by atoms with E-state index in [1.807, 2.05) is 30.3 Å². The van der Waals surface area contributed by atoms with Gasteiger partial charge in [-0.2, -0.15) is 0 Å². The van der Waals surface area contributed by atoms with Crippen molar-refractivity contribution in [3.8, 4) is 5.75 Å². The standard InChI is InChI=1S/C16H18N2O3/c1-18(11-13-6-4-8-20-13)16(19)17-10-14-9-12-5-2-3-7-15(12)21-14/h2-8,14H,9-11H2,1H3,(H,17,19). The molecular weight excluding hydrogens is 268 g/mol. The van der Waals surface area contributed by atoms with Crippen LogP contribution in [0.25, 0.3) is 0 Å². The summed E-state index contributed by atoms with van der Waals surface area (Å²) in [6.07, 6.45) is 2.44. The molecule has 3 rings (SSSR count). The zero-order valence-electron chi connectivity index (χ0n) is 11.9. The highest BCUT2D eigenvalue weighted by Gasteiger charge is 2.23. The second-order valence-corrected chi connectivity index (χ2v) is 5.17. The fraction of sp³-hybridized carbons (Fsp3) is 0.312. The first-order valence-corrected chi connectivity index (χ1v) is 6.98. The van der Waals surface area contributed by atoms with Gasteiger partial charge in [-0.1, -0.05) is 18.2 Å². The summed E-state index contributed by atoms with van der Waals surface area (Å²) in [5.41, 5.74) is 1.20. The van der Waals surface area contributed by atoms with Gasteiger partial charge in [-0.15, -0.1) is 0 Å². The molecule has 0 aliphatic carbocycles. The molecule has 5 nitrogen and oxygen atoms in total. The quantitative estimate of drug-likeness (QED) is 0.939. The summed E-state index contributed by atoms with van der Waals surface area (Å²) in [5.74, 6) is 1.68. The molecule has 1 unspecified atom stereocenters. The number of rotatable bonds is 4. The molecule has 110 valence electrons. The van der Waals surface area contributed by atoms with Crippen molar-refractivity contribution in [2.24, 2.45) is 0 Å². The number of para-hydroxylation sites is 1.